The van der Waals surface area contributed by atoms with Crippen LogP contribution in [0.5, 0.6) is 0 Å². The summed E-state index contributed by atoms with van der Waals surface area (Å²) in [5.74, 6) is -0.234. The van der Waals surface area contributed by atoms with E-state index in [2.05, 4.69) is 9.80 Å². The molecule has 2 aromatic carbocycles. The maximum Gasteiger partial charge on any atom is 0.247 e. The van der Waals surface area contributed by atoms with Crippen LogP contribution < -0.4 is 4.90 Å². The summed E-state index contributed by atoms with van der Waals surface area (Å²) in [6.45, 7) is 3.11. The largest absolute Gasteiger partial charge is 0.369 e. The van der Waals surface area contributed by atoms with E-state index >= 15 is 0 Å². The highest BCUT2D eigenvalue weighted by atomic mass is 32.2. The van der Waals surface area contributed by atoms with Crippen molar-refractivity contribution in [3.63, 3.8) is 0 Å². The van der Waals surface area contributed by atoms with Gasteiger partial charge in [0.2, 0.25) is 11.8 Å². The van der Waals surface area contributed by atoms with Crippen LogP contribution in [-0.4, -0.2) is 68.5 Å². The number of likely N-dealkylation sites (tertiary alicyclic amines) is 1. The van der Waals surface area contributed by atoms with Crippen molar-refractivity contribution < 1.29 is 18.0 Å². The topological polar surface area (TPSA) is 78.0 Å². The first-order chi connectivity index (χ1) is 14.3. The first kappa shape index (κ1) is 20.6. The van der Waals surface area contributed by atoms with Gasteiger partial charge >= 0.3 is 0 Å². The Hall–Kier alpha value is -2.71. The monoisotopic (exact) mass is 427 g/mol. The zero-order chi connectivity index (χ0) is 21.3. The maximum atomic E-state index is 12.9. The molecule has 4 rings (SSSR count). The van der Waals surface area contributed by atoms with Gasteiger partial charge in [0, 0.05) is 38.1 Å². The van der Waals surface area contributed by atoms with Crippen molar-refractivity contribution >= 4 is 27.3 Å². The van der Waals surface area contributed by atoms with Crippen LogP contribution in [0.25, 0.3) is 0 Å². The minimum atomic E-state index is -3.21. The summed E-state index contributed by atoms with van der Waals surface area (Å²) in [5, 5.41) is 0. The van der Waals surface area contributed by atoms with Gasteiger partial charge in [0.15, 0.2) is 9.84 Å². The zero-order valence-corrected chi connectivity index (χ0v) is 17.7. The summed E-state index contributed by atoms with van der Waals surface area (Å²) in [6, 6.07) is 16.0. The highest BCUT2D eigenvalue weighted by Crippen LogP contribution is 2.24. The summed E-state index contributed by atoms with van der Waals surface area (Å²) in [7, 11) is -3.21. The number of imide groups is 1. The number of sulfone groups is 1. The van der Waals surface area contributed by atoms with Crippen LogP contribution in [0.1, 0.15) is 12.0 Å². The van der Waals surface area contributed by atoms with Gasteiger partial charge in [-0.2, -0.15) is 0 Å². The van der Waals surface area contributed by atoms with Gasteiger partial charge in [0.05, 0.1) is 23.9 Å². The van der Waals surface area contributed by atoms with E-state index in [1.54, 1.807) is 12.1 Å². The molecule has 2 fully saturated rings. The fourth-order valence-corrected chi connectivity index (χ4v) is 4.71. The molecule has 0 spiro atoms. The van der Waals surface area contributed by atoms with Gasteiger partial charge in [0.1, 0.15) is 0 Å². The van der Waals surface area contributed by atoms with Crippen LogP contribution in [0.2, 0.25) is 0 Å². The van der Waals surface area contributed by atoms with Gasteiger partial charge in [0.25, 0.3) is 0 Å². The zero-order valence-electron chi connectivity index (χ0n) is 16.9. The summed E-state index contributed by atoms with van der Waals surface area (Å²) in [5.41, 5.74) is 1.91. The van der Waals surface area contributed by atoms with Crippen molar-refractivity contribution in [2.75, 3.05) is 37.3 Å². The molecule has 158 valence electrons. The number of hydrogen-bond donors (Lipinski definition) is 0. The van der Waals surface area contributed by atoms with Crippen molar-refractivity contribution in [2.24, 2.45) is 0 Å². The lowest BCUT2D eigenvalue weighted by Gasteiger charge is -2.38. The molecule has 2 saturated heterocycles. The summed E-state index contributed by atoms with van der Waals surface area (Å²) >= 11 is 0. The number of rotatable bonds is 5. The Morgan fingerprint density at radius 1 is 0.900 bits per heavy atom. The number of carbonyl (C=O) groups is 2. The Morgan fingerprint density at radius 3 is 2.13 bits per heavy atom. The molecule has 2 aliphatic heterocycles. The lowest BCUT2D eigenvalue weighted by atomic mass is 10.1. The van der Waals surface area contributed by atoms with Crippen molar-refractivity contribution in [3.05, 3.63) is 60.2 Å². The van der Waals surface area contributed by atoms with Gasteiger partial charge in [-0.25, -0.2) is 8.42 Å². The predicted octanol–water partition coefficient (Wildman–Crippen LogP) is 1.54. The molecular formula is C22H25N3O4S. The minimum Gasteiger partial charge on any atom is -0.369 e. The third-order valence-corrected chi connectivity index (χ3v) is 6.92. The van der Waals surface area contributed by atoms with E-state index in [0.717, 1.165) is 24.3 Å². The molecule has 0 aromatic heterocycles. The van der Waals surface area contributed by atoms with Gasteiger partial charge < -0.3 is 4.90 Å². The lowest BCUT2D eigenvalue weighted by molar-refractivity contribution is -0.140. The van der Waals surface area contributed by atoms with Gasteiger partial charge in [-0.1, -0.05) is 30.3 Å². The highest BCUT2D eigenvalue weighted by molar-refractivity contribution is 7.90. The second-order valence-electron chi connectivity index (χ2n) is 7.81. The Kier molecular flexibility index (Phi) is 5.62. The fourth-order valence-electron chi connectivity index (χ4n) is 4.08. The number of benzene rings is 2. The normalized spacial score (nSPS) is 20.8. The van der Waals surface area contributed by atoms with Crippen LogP contribution in [-0.2, 0) is 26.0 Å². The van der Waals surface area contributed by atoms with Crippen LogP contribution >= 0.6 is 0 Å². The SMILES string of the molecule is CS(=O)(=O)c1ccc(N2CCN(C3CC(=O)N(Cc4ccccc4)C3=O)CC2)cc1. The fraction of sp³-hybridized carbons (Fsp3) is 0.364. The van der Waals surface area contributed by atoms with Crippen LogP contribution in [0.3, 0.4) is 0 Å². The number of anilines is 1. The second-order valence-corrected chi connectivity index (χ2v) is 9.83. The maximum absolute atomic E-state index is 12.9. The first-order valence-electron chi connectivity index (χ1n) is 10.0. The van der Waals surface area contributed by atoms with E-state index in [0.29, 0.717) is 24.5 Å². The average Bonchev–Trinajstić information content (AvgIpc) is 3.02. The molecule has 2 heterocycles. The minimum absolute atomic E-state index is 0.116. The average molecular weight is 428 g/mol. The van der Waals surface area contributed by atoms with E-state index in [1.165, 1.54) is 11.2 Å². The number of hydrogen-bond acceptors (Lipinski definition) is 6. The molecule has 0 saturated carbocycles. The first-order valence-corrected chi connectivity index (χ1v) is 11.9. The van der Waals surface area contributed by atoms with E-state index in [9.17, 15) is 18.0 Å². The Balaban J connectivity index is 1.37. The van der Waals surface area contributed by atoms with Gasteiger partial charge in [-0.3, -0.25) is 19.4 Å². The van der Waals surface area contributed by atoms with E-state index in [-0.39, 0.29) is 18.2 Å². The number of nitrogens with zero attached hydrogens (tertiary/aromatic N) is 3. The summed E-state index contributed by atoms with van der Waals surface area (Å²) < 4.78 is 23.3. The van der Waals surface area contributed by atoms with Crippen molar-refractivity contribution in [1.82, 2.24) is 9.80 Å². The summed E-state index contributed by atoms with van der Waals surface area (Å²) in [6.07, 6.45) is 1.43. The smallest absolute Gasteiger partial charge is 0.247 e. The Bertz CT molecular complexity index is 1030. The number of carbonyl (C=O) groups excluding carboxylic acids is 2. The highest BCUT2D eigenvalue weighted by Gasteiger charge is 2.42. The molecule has 2 aliphatic rings. The molecule has 1 atom stereocenters. The van der Waals surface area contributed by atoms with Gasteiger partial charge in [-0.15, -0.1) is 0 Å². The number of amides is 2. The van der Waals surface area contributed by atoms with Gasteiger partial charge in [-0.05, 0) is 29.8 Å². The molecule has 30 heavy (non-hydrogen) atoms. The van der Waals surface area contributed by atoms with E-state index in [1.807, 2.05) is 42.5 Å². The Morgan fingerprint density at radius 2 is 1.53 bits per heavy atom. The molecule has 0 radical (unpaired) electrons. The summed E-state index contributed by atoms with van der Waals surface area (Å²) in [4.78, 5) is 31.3. The Labute approximate surface area is 176 Å². The van der Waals surface area contributed by atoms with Crippen molar-refractivity contribution in [3.8, 4) is 0 Å². The van der Waals surface area contributed by atoms with E-state index < -0.39 is 15.9 Å². The molecule has 2 aromatic rings. The quantitative estimate of drug-likeness (QED) is 0.674. The number of piperazine rings is 1. The third-order valence-electron chi connectivity index (χ3n) is 5.79. The predicted molar refractivity (Wildman–Crippen MR) is 114 cm³/mol. The standard InChI is InChI=1S/C22H25N3O4S/c1-30(28,29)19-9-7-18(8-10-19)23-11-13-24(14-12-23)20-15-21(26)25(22(20)27)16-17-5-3-2-4-6-17/h2-10,20H,11-16H2,1H3. The second kappa shape index (κ2) is 8.20. The molecule has 1 unspecified atom stereocenters. The van der Waals surface area contributed by atoms with Crippen LogP contribution in [0.4, 0.5) is 5.69 Å². The molecule has 2 amide bonds. The molecule has 0 aliphatic carbocycles. The van der Waals surface area contributed by atoms with Crippen molar-refractivity contribution in [1.29, 1.82) is 0 Å². The molecular weight excluding hydrogens is 402 g/mol. The molecule has 7 nitrogen and oxygen atoms in total. The van der Waals surface area contributed by atoms with Crippen LogP contribution in [0.15, 0.2) is 59.5 Å². The van der Waals surface area contributed by atoms with E-state index in [4.69, 9.17) is 0 Å². The molecule has 0 N–H and O–H groups in total. The van der Waals surface area contributed by atoms with Crippen molar-refractivity contribution in [2.45, 2.75) is 23.9 Å². The lowest BCUT2D eigenvalue weighted by Crippen LogP contribution is -2.52. The third kappa shape index (κ3) is 4.24. The van der Waals surface area contributed by atoms with Crippen LogP contribution in [0, 0.1) is 0 Å². The molecule has 8 heteroatoms. The molecule has 0 bridgehead atoms.